The van der Waals surface area contributed by atoms with Crippen LogP contribution in [-0.2, 0) is 9.47 Å². The van der Waals surface area contributed by atoms with Crippen molar-refractivity contribution in [3.63, 3.8) is 0 Å². The fourth-order valence-electron chi connectivity index (χ4n) is 5.26. The van der Waals surface area contributed by atoms with Crippen molar-refractivity contribution in [2.75, 3.05) is 19.9 Å². The summed E-state index contributed by atoms with van der Waals surface area (Å²) in [6, 6.07) is 0. The van der Waals surface area contributed by atoms with Crippen molar-refractivity contribution in [2.45, 2.75) is 83.5 Å². The first kappa shape index (κ1) is 19.6. The van der Waals surface area contributed by atoms with Crippen LogP contribution in [-0.4, -0.2) is 37.4 Å². The molecule has 4 heteroatoms. The summed E-state index contributed by atoms with van der Waals surface area (Å²) in [5.41, 5.74) is 0. The van der Waals surface area contributed by atoms with Gasteiger partial charge in [-0.25, -0.2) is 0 Å². The molecule has 1 unspecified atom stereocenters. The number of hydrogen-bond donors (Lipinski definition) is 1. The molecule has 0 bridgehead atoms. The molecule has 1 N–H and O–H groups in total. The Morgan fingerprint density at radius 2 is 1.40 bits per heavy atom. The third kappa shape index (κ3) is 5.17. The van der Waals surface area contributed by atoms with Gasteiger partial charge in [-0.15, -0.1) is 0 Å². The van der Waals surface area contributed by atoms with Crippen molar-refractivity contribution in [2.24, 2.45) is 29.6 Å². The zero-order valence-corrected chi connectivity index (χ0v) is 15.9. The van der Waals surface area contributed by atoms with Gasteiger partial charge in [0, 0.05) is 11.8 Å². The second kappa shape index (κ2) is 9.66. The largest absolute Gasteiger partial charge is 0.393 e. The summed E-state index contributed by atoms with van der Waals surface area (Å²) in [4.78, 5) is 0. The van der Waals surface area contributed by atoms with Crippen LogP contribution in [0.2, 0.25) is 0 Å². The van der Waals surface area contributed by atoms with Gasteiger partial charge in [-0.3, -0.25) is 4.39 Å². The highest BCUT2D eigenvalue weighted by Gasteiger charge is 2.36. The third-order valence-electron chi connectivity index (χ3n) is 7.06. The van der Waals surface area contributed by atoms with Crippen LogP contribution in [0.4, 0.5) is 4.39 Å². The molecular weight excluding hydrogens is 319 g/mol. The summed E-state index contributed by atoms with van der Waals surface area (Å²) >= 11 is 0. The first-order chi connectivity index (χ1) is 12.2. The van der Waals surface area contributed by atoms with Gasteiger partial charge in [0.1, 0.15) is 0 Å². The van der Waals surface area contributed by atoms with Crippen molar-refractivity contribution < 1.29 is 19.0 Å². The molecule has 0 aromatic rings. The van der Waals surface area contributed by atoms with Crippen LogP contribution in [0, 0.1) is 29.6 Å². The van der Waals surface area contributed by atoms with Crippen LogP contribution >= 0.6 is 0 Å². The predicted molar refractivity (Wildman–Crippen MR) is 97.0 cm³/mol. The van der Waals surface area contributed by atoms with Crippen molar-refractivity contribution in [3.05, 3.63) is 0 Å². The monoisotopic (exact) mass is 356 g/mol. The number of ether oxygens (including phenoxy) is 2. The molecule has 0 amide bonds. The first-order valence-corrected chi connectivity index (χ1v) is 10.7. The van der Waals surface area contributed by atoms with E-state index in [1.807, 2.05) is 0 Å². The van der Waals surface area contributed by atoms with Gasteiger partial charge in [0.25, 0.3) is 0 Å². The maximum Gasteiger partial charge on any atom is 0.160 e. The molecule has 146 valence electrons. The SMILES string of the molecule is CCCC(O)C1COC(C2CCC(C3CCC(CF)CC3)CC2)OC1. The van der Waals surface area contributed by atoms with E-state index in [1.165, 1.54) is 38.5 Å². The Labute approximate surface area is 152 Å². The highest BCUT2D eigenvalue weighted by Crippen LogP contribution is 2.43. The summed E-state index contributed by atoms with van der Waals surface area (Å²) in [5.74, 6) is 2.65. The van der Waals surface area contributed by atoms with Gasteiger partial charge in [-0.2, -0.15) is 0 Å². The van der Waals surface area contributed by atoms with E-state index in [-0.39, 0.29) is 25.0 Å². The van der Waals surface area contributed by atoms with E-state index in [0.717, 1.165) is 37.5 Å². The second-order valence-corrected chi connectivity index (χ2v) is 8.76. The molecule has 2 saturated carbocycles. The molecule has 0 aromatic carbocycles. The first-order valence-electron chi connectivity index (χ1n) is 10.7. The van der Waals surface area contributed by atoms with Crippen molar-refractivity contribution >= 4 is 0 Å². The fourth-order valence-corrected chi connectivity index (χ4v) is 5.26. The Balaban J connectivity index is 1.37. The molecule has 1 aliphatic heterocycles. The van der Waals surface area contributed by atoms with E-state index in [0.29, 0.717) is 25.0 Å². The number of aliphatic hydroxyl groups is 1. The molecule has 0 spiro atoms. The van der Waals surface area contributed by atoms with Crippen LogP contribution in [0.1, 0.15) is 71.1 Å². The van der Waals surface area contributed by atoms with E-state index in [9.17, 15) is 9.50 Å². The molecule has 2 aliphatic carbocycles. The quantitative estimate of drug-likeness (QED) is 0.748. The van der Waals surface area contributed by atoms with E-state index >= 15 is 0 Å². The molecule has 3 aliphatic rings. The standard InChI is InChI=1S/C21H37FO3/c1-2-3-20(23)19-13-24-21(25-14-19)18-10-8-17(9-11-18)16-6-4-15(12-22)5-7-16/h15-21,23H,2-14H2,1H3. The minimum absolute atomic E-state index is 0.0618. The lowest BCUT2D eigenvalue weighted by atomic mass is 9.69. The number of alkyl halides is 1. The lowest BCUT2D eigenvalue weighted by molar-refractivity contribution is -0.240. The van der Waals surface area contributed by atoms with Crippen LogP contribution in [0.25, 0.3) is 0 Å². The molecule has 25 heavy (non-hydrogen) atoms. The highest BCUT2D eigenvalue weighted by molar-refractivity contribution is 4.84. The van der Waals surface area contributed by atoms with Gasteiger partial charge in [0.05, 0.1) is 26.0 Å². The maximum absolute atomic E-state index is 12.8. The van der Waals surface area contributed by atoms with Crippen molar-refractivity contribution in [1.29, 1.82) is 0 Å². The molecule has 1 atom stereocenters. The van der Waals surface area contributed by atoms with E-state index in [4.69, 9.17) is 9.47 Å². The predicted octanol–water partition coefficient (Wildman–Crippen LogP) is 4.72. The van der Waals surface area contributed by atoms with Gasteiger partial charge in [0.15, 0.2) is 6.29 Å². The van der Waals surface area contributed by atoms with E-state index in [1.54, 1.807) is 0 Å². The Bertz CT molecular complexity index is 367. The van der Waals surface area contributed by atoms with Crippen LogP contribution in [0.15, 0.2) is 0 Å². The Hall–Kier alpha value is -0.190. The van der Waals surface area contributed by atoms with Crippen LogP contribution < -0.4 is 0 Å². The summed E-state index contributed by atoms with van der Waals surface area (Å²) in [6.45, 7) is 3.25. The Morgan fingerprint density at radius 3 is 1.92 bits per heavy atom. The van der Waals surface area contributed by atoms with Crippen LogP contribution in [0.5, 0.6) is 0 Å². The lowest BCUT2D eigenvalue weighted by Crippen LogP contribution is -2.42. The molecule has 3 nitrogen and oxygen atoms in total. The van der Waals surface area contributed by atoms with Gasteiger partial charge < -0.3 is 14.6 Å². The van der Waals surface area contributed by atoms with Gasteiger partial charge in [-0.05, 0) is 75.5 Å². The molecule has 0 radical (unpaired) electrons. The number of hydrogen-bond acceptors (Lipinski definition) is 3. The Morgan fingerprint density at radius 1 is 0.880 bits per heavy atom. The molecule has 3 fully saturated rings. The van der Waals surface area contributed by atoms with Crippen molar-refractivity contribution in [1.82, 2.24) is 0 Å². The second-order valence-electron chi connectivity index (χ2n) is 8.76. The summed E-state index contributed by atoms with van der Waals surface area (Å²) in [6.07, 6.45) is 11.1. The summed E-state index contributed by atoms with van der Waals surface area (Å²) in [5, 5.41) is 10.1. The van der Waals surface area contributed by atoms with Crippen molar-refractivity contribution in [3.8, 4) is 0 Å². The van der Waals surface area contributed by atoms with Gasteiger partial charge in [-0.1, -0.05) is 13.3 Å². The minimum atomic E-state index is -0.291. The molecule has 0 aromatic heterocycles. The van der Waals surface area contributed by atoms with Gasteiger partial charge >= 0.3 is 0 Å². The molecule has 1 saturated heterocycles. The molecule has 1 heterocycles. The fraction of sp³-hybridized carbons (Fsp3) is 1.00. The number of rotatable bonds is 6. The normalized spacial score (nSPS) is 41.4. The van der Waals surface area contributed by atoms with Crippen LogP contribution in [0.3, 0.4) is 0 Å². The van der Waals surface area contributed by atoms with E-state index < -0.39 is 0 Å². The molecular formula is C21H37FO3. The number of aliphatic hydroxyl groups excluding tert-OH is 1. The molecule has 3 rings (SSSR count). The van der Waals surface area contributed by atoms with E-state index in [2.05, 4.69) is 6.92 Å². The topological polar surface area (TPSA) is 38.7 Å². The van der Waals surface area contributed by atoms with Gasteiger partial charge in [0.2, 0.25) is 0 Å². The summed E-state index contributed by atoms with van der Waals surface area (Å²) < 4.78 is 24.7. The highest BCUT2D eigenvalue weighted by atomic mass is 19.1. The Kier molecular flexibility index (Phi) is 7.56. The average Bonchev–Trinajstić information content (AvgIpc) is 2.68. The zero-order chi connectivity index (χ0) is 17.6. The average molecular weight is 357 g/mol. The lowest BCUT2D eigenvalue weighted by Gasteiger charge is -2.41. The summed E-state index contributed by atoms with van der Waals surface area (Å²) in [7, 11) is 0. The maximum atomic E-state index is 12.8. The smallest absolute Gasteiger partial charge is 0.160 e. The minimum Gasteiger partial charge on any atom is -0.393 e. The zero-order valence-electron chi connectivity index (χ0n) is 15.9. The number of halogens is 1. The third-order valence-corrected chi connectivity index (χ3v) is 7.06.